The summed E-state index contributed by atoms with van der Waals surface area (Å²) in [5.74, 6) is -0.139. The molecule has 6 heteroatoms. The Bertz CT molecular complexity index is 547. The number of hydrogen-bond donors (Lipinski definition) is 1. The Morgan fingerprint density at radius 1 is 1.45 bits per heavy atom. The number of benzene rings is 1. The number of aryl methyl sites for hydroxylation is 1. The van der Waals surface area contributed by atoms with Crippen molar-refractivity contribution in [3.05, 3.63) is 34.3 Å². The van der Waals surface area contributed by atoms with Gasteiger partial charge in [0.25, 0.3) is 0 Å². The third-order valence-electron chi connectivity index (χ3n) is 3.60. The van der Waals surface area contributed by atoms with E-state index in [1.807, 2.05) is 19.1 Å². The maximum Gasteiger partial charge on any atom is 0.320 e. The normalized spacial score (nSPS) is 18.6. The average Bonchev–Trinajstić information content (AvgIpc) is 2.65. The Hall–Kier alpha value is -1.75. The van der Waals surface area contributed by atoms with Gasteiger partial charge in [-0.3, -0.25) is 4.79 Å². The summed E-state index contributed by atoms with van der Waals surface area (Å²) in [5.41, 5.74) is 2.05. The van der Waals surface area contributed by atoms with E-state index in [-0.39, 0.29) is 11.9 Å². The van der Waals surface area contributed by atoms with Crippen LogP contribution in [0, 0.1) is 6.92 Å². The summed E-state index contributed by atoms with van der Waals surface area (Å²) in [6.45, 7) is 2.80. The molecule has 0 unspecified atom stereocenters. The van der Waals surface area contributed by atoms with Gasteiger partial charge in [-0.2, -0.15) is 0 Å². The van der Waals surface area contributed by atoms with Crippen molar-refractivity contribution in [1.82, 2.24) is 15.1 Å². The molecule has 0 aromatic heterocycles. The lowest BCUT2D eigenvalue weighted by Gasteiger charge is -2.17. The number of carbonyl (C=O) groups excluding carboxylic acids is 2. The fourth-order valence-corrected chi connectivity index (χ4v) is 2.51. The molecule has 0 radical (unpaired) electrons. The lowest BCUT2D eigenvalue weighted by molar-refractivity contribution is -0.124. The van der Waals surface area contributed by atoms with Crippen LogP contribution in [0.5, 0.6) is 0 Å². The number of nitrogens with zero attached hydrogens (tertiary/aromatic N) is 2. The van der Waals surface area contributed by atoms with Gasteiger partial charge in [-0.15, -0.1) is 0 Å². The number of rotatable bonds is 3. The zero-order chi connectivity index (χ0) is 14.9. The molecule has 0 bridgehead atoms. The lowest BCUT2D eigenvalue weighted by Crippen LogP contribution is -2.43. The minimum Gasteiger partial charge on any atom is -0.350 e. The second kappa shape index (κ2) is 5.71. The highest BCUT2D eigenvalue weighted by atomic mass is 35.5. The second-order valence-electron chi connectivity index (χ2n) is 5.08. The van der Waals surface area contributed by atoms with Gasteiger partial charge in [0, 0.05) is 25.7 Å². The van der Waals surface area contributed by atoms with E-state index in [0.717, 1.165) is 11.1 Å². The van der Waals surface area contributed by atoms with Crippen molar-refractivity contribution in [2.24, 2.45) is 0 Å². The molecule has 0 saturated carbocycles. The molecule has 0 aliphatic carbocycles. The summed E-state index contributed by atoms with van der Waals surface area (Å²) < 4.78 is 0. The minimum absolute atomic E-state index is 0.132. The monoisotopic (exact) mass is 295 g/mol. The van der Waals surface area contributed by atoms with Crippen LogP contribution in [0.3, 0.4) is 0 Å². The molecule has 1 aliphatic rings. The van der Waals surface area contributed by atoms with Gasteiger partial charge in [-0.25, -0.2) is 4.79 Å². The Balaban J connectivity index is 1.97. The first-order valence-electron chi connectivity index (χ1n) is 6.41. The number of nitrogens with one attached hydrogen (secondary N) is 1. The molecule has 1 aromatic carbocycles. The fraction of sp³-hybridized carbons (Fsp3) is 0.429. The van der Waals surface area contributed by atoms with Crippen LogP contribution in [-0.2, 0) is 11.3 Å². The van der Waals surface area contributed by atoms with E-state index in [1.54, 1.807) is 20.2 Å². The van der Waals surface area contributed by atoms with Gasteiger partial charge < -0.3 is 15.1 Å². The van der Waals surface area contributed by atoms with Gasteiger partial charge in [-0.05, 0) is 30.2 Å². The average molecular weight is 296 g/mol. The highest BCUT2D eigenvalue weighted by molar-refractivity contribution is 6.30. The van der Waals surface area contributed by atoms with Gasteiger partial charge in [-0.1, -0.05) is 17.7 Å². The molecular weight excluding hydrogens is 278 g/mol. The fourth-order valence-electron chi connectivity index (χ4n) is 2.28. The highest BCUT2D eigenvalue weighted by Gasteiger charge is 2.36. The van der Waals surface area contributed by atoms with E-state index < -0.39 is 6.04 Å². The first-order valence-corrected chi connectivity index (χ1v) is 6.78. The summed E-state index contributed by atoms with van der Waals surface area (Å²) in [7, 11) is 3.33. The summed E-state index contributed by atoms with van der Waals surface area (Å²) in [6.07, 6.45) is 0. The summed E-state index contributed by atoms with van der Waals surface area (Å²) >= 11 is 5.90. The minimum atomic E-state index is -0.430. The van der Waals surface area contributed by atoms with E-state index in [1.165, 1.54) is 9.80 Å². The van der Waals surface area contributed by atoms with E-state index in [9.17, 15) is 9.59 Å². The molecule has 1 aliphatic heterocycles. The third-order valence-corrected chi connectivity index (χ3v) is 3.84. The SMILES string of the molecule is Cc1cc(Cl)ccc1CNC(=O)[C@@H]1CN(C)C(=O)N1C. The topological polar surface area (TPSA) is 52.7 Å². The number of amides is 3. The van der Waals surface area contributed by atoms with Crippen LogP contribution in [-0.4, -0.2) is 48.4 Å². The Morgan fingerprint density at radius 3 is 2.70 bits per heavy atom. The maximum absolute atomic E-state index is 12.1. The summed E-state index contributed by atoms with van der Waals surface area (Å²) in [6, 6.07) is 5.00. The van der Waals surface area contributed by atoms with Gasteiger partial charge in [0.2, 0.25) is 5.91 Å². The number of urea groups is 1. The molecular formula is C14H18ClN3O2. The second-order valence-corrected chi connectivity index (χ2v) is 5.51. The van der Waals surface area contributed by atoms with E-state index in [2.05, 4.69) is 5.32 Å². The quantitative estimate of drug-likeness (QED) is 0.921. The van der Waals surface area contributed by atoms with Crippen LogP contribution in [0.25, 0.3) is 0 Å². The molecule has 2 rings (SSSR count). The van der Waals surface area contributed by atoms with Crippen molar-refractivity contribution in [1.29, 1.82) is 0 Å². The van der Waals surface area contributed by atoms with Crippen molar-refractivity contribution in [3.8, 4) is 0 Å². The van der Waals surface area contributed by atoms with Crippen LogP contribution < -0.4 is 5.32 Å². The molecule has 20 heavy (non-hydrogen) atoms. The summed E-state index contributed by atoms with van der Waals surface area (Å²) in [4.78, 5) is 26.8. The Labute approximate surface area is 123 Å². The number of carbonyl (C=O) groups is 2. The molecule has 5 nitrogen and oxygen atoms in total. The number of hydrogen-bond acceptors (Lipinski definition) is 2. The highest BCUT2D eigenvalue weighted by Crippen LogP contribution is 2.16. The largest absolute Gasteiger partial charge is 0.350 e. The van der Waals surface area contributed by atoms with Crippen LogP contribution in [0.1, 0.15) is 11.1 Å². The lowest BCUT2D eigenvalue weighted by atomic mass is 10.1. The van der Waals surface area contributed by atoms with E-state index >= 15 is 0 Å². The van der Waals surface area contributed by atoms with Gasteiger partial charge >= 0.3 is 6.03 Å². The standard InChI is InChI=1S/C14H18ClN3O2/c1-9-6-11(15)5-4-10(9)7-16-13(19)12-8-17(2)14(20)18(12)3/h4-6,12H,7-8H2,1-3H3,(H,16,19)/t12-/m0/s1. The van der Waals surface area contributed by atoms with Crippen molar-refractivity contribution >= 4 is 23.5 Å². The molecule has 1 fully saturated rings. The van der Waals surface area contributed by atoms with E-state index in [4.69, 9.17) is 11.6 Å². The first kappa shape index (κ1) is 14.7. The third kappa shape index (κ3) is 2.88. The molecule has 1 aromatic rings. The zero-order valence-corrected chi connectivity index (χ0v) is 12.6. The van der Waals surface area contributed by atoms with Gasteiger partial charge in [0.05, 0.1) is 6.54 Å². The number of likely N-dealkylation sites (N-methyl/N-ethyl adjacent to an activating group) is 2. The van der Waals surface area contributed by atoms with Crippen molar-refractivity contribution in [3.63, 3.8) is 0 Å². The van der Waals surface area contributed by atoms with Crippen LogP contribution in [0.15, 0.2) is 18.2 Å². The van der Waals surface area contributed by atoms with Crippen LogP contribution in [0.4, 0.5) is 4.79 Å². The molecule has 1 heterocycles. The maximum atomic E-state index is 12.1. The molecule has 108 valence electrons. The van der Waals surface area contributed by atoms with Crippen molar-refractivity contribution < 1.29 is 9.59 Å². The summed E-state index contributed by atoms with van der Waals surface area (Å²) in [5, 5.41) is 3.55. The van der Waals surface area contributed by atoms with Crippen LogP contribution in [0.2, 0.25) is 5.02 Å². The zero-order valence-electron chi connectivity index (χ0n) is 11.8. The molecule has 3 amide bonds. The van der Waals surface area contributed by atoms with Gasteiger partial charge in [0.15, 0.2) is 0 Å². The predicted molar refractivity (Wildman–Crippen MR) is 77.6 cm³/mol. The Kier molecular flexibility index (Phi) is 4.18. The van der Waals surface area contributed by atoms with Crippen LogP contribution >= 0.6 is 11.6 Å². The predicted octanol–water partition coefficient (Wildman–Crippen LogP) is 1.63. The molecule has 1 saturated heterocycles. The van der Waals surface area contributed by atoms with Crippen molar-refractivity contribution in [2.75, 3.05) is 20.6 Å². The molecule has 1 atom stereocenters. The number of halogens is 1. The van der Waals surface area contributed by atoms with Gasteiger partial charge in [0.1, 0.15) is 6.04 Å². The smallest absolute Gasteiger partial charge is 0.320 e. The van der Waals surface area contributed by atoms with E-state index in [0.29, 0.717) is 18.1 Å². The molecule has 1 N–H and O–H groups in total. The molecule has 0 spiro atoms. The Morgan fingerprint density at radius 2 is 2.15 bits per heavy atom. The first-order chi connectivity index (χ1) is 9.40. The van der Waals surface area contributed by atoms with Crippen molar-refractivity contribution in [2.45, 2.75) is 19.5 Å².